The SMILES string of the molecule is Cc1c(C(=O)NCC(O)C(F)(F)F)sc2ccccc12. The summed E-state index contributed by atoms with van der Waals surface area (Å²) in [5, 5.41) is 11.9. The molecule has 20 heavy (non-hydrogen) atoms. The maximum Gasteiger partial charge on any atom is 0.416 e. The van der Waals surface area contributed by atoms with E-state index < -0.39 is 24.7 Å². The fraction of sp³-hybridized carbons (Fsp3) is 0.308. The first kappa shape index (κ1) is 14.8. The van der Waals surface area contributed by atoms with Crippen molar-refractivity contribution < 1.29 is 23.1 Å². The normalized spacial score (nSPS) is 13.4. The van der Waals surface area contributed by atoms with Crippen molar-refractivity contribution in [1.82, 2.24) is 5.32 Å². The minimum absolute atomic E-state index is 0.362. The maximum absolute atomic E-state index is 12.2. The number of amides is 1. The van der Waals surface area contributed by atoms with E-state index in [0.29, 0.717) is 4.88 Å². The van der Waals surface area contributed by atoms with Crippen molar-refractivity contribution in [3.63, 3.8) is 0 Å². The van der Waals surface area contributed by atoms with Crippen LogP contribution in [0.5, 0.6) is 0 Å². The third kappa shape index (κ3) is 2.94. The number of aliphatic hydroxyl groups is 1. The van der Waals surface area contributed by atoms with Crippen LogP contribution >= 0.6 is 11.3 Å². The van der Waals surface area contributed by atoms with E-state index in [0.717, 1.165) is 15.6 Å². The molecular formula is C13H12F3NO2S. The van der Waals surface area contributed by atoms with E-state index >= 15 is 0 Å². The average molecular weight is 303 g/mol. The van der Waals surface area contributed by atoms with Crippen molar-refractivity contribution in [1.29, 1.82) is 0 Å². The lowest BCUT2D eigenvalue weighted by Crippen LogP contribution is -2.40. The Labute approximate surface area is 117 Å². The lowest BCUT2D eigenvalue weighted by Gasteiger charge is -2.14. The summed E-state index contributed by atoms with van der Waals surface area (Å²) in [6.07, 6.45) is -7.29. The molecule has 0 radical (unpaired) electrons. The van der Waals surface area contributed by atoms with Gasteiger partial charge in [-0.25, -0.2) is 0 Å². The maximum atomic E-state index is 12.2. The minimum atomic E-state index is -4.73. The number of carbonyl (C=O) groups excluding carboxylic acids is 1. The van der Waals surface area contributed by atoms with E-state index in [1.54, 1.807) is 6.92 Å². The van der Waals surface area contributed by atoms with Crippen LogP contribution in [0.2, 0.25) is 0 Å². The number of aliphatic hydroxyl groups excluding tert-OH is 1. The highest BCUT2D eigenvalue weighted by molar-refractivity contribution is 7.21. The van der Waals surface area contributed by atoms with Crippen LogP contribution in [0.1, 0.15) is 15.2 Å². The molecule has 0 saturated heterocycles. The van der Waals surface area contributed by atoms with Crippen LogP contribution in [0.4, 0.5) is 13.2 Å². The van der Waals surface area contributed by atoms with E-state index in [1.807, 2.05) is 24.3 Å². The third-order valence-electron chi connectivity index (χ3n) is 2.88. The predicted octanol–water partition coefficient (Wildman–Crippen LogP) is 2.86. The first-order valence-corrected chi connectivity index (χ1v) is 6.63. The molecule has 0 bridgehead atoms. The number of halogens is 3. The molecule has 1 amide bonds. The van der Waals surface area contributed by atoms with Crippen molar-refractivity contribution in [3.8, 4) is 0 Å². The molecule has 0 aliphatic carbocycles. The quantitative estimate of drug-likeness (QED) is 0.916. The molecule has 1 unspecified atom stereocenters. The summed E-state index contributed by atoms with van der Waals surface area (Å²) < 4.78 is 37.3. The number of hydrogen-bond acceptors (Lipinski definition) is 3. The number of rotatable bonds is 3. The summed E-state index contributed by atoms with van der Waals surface area (Å²) in [7, 11) is 0. The van der Waals surface area contributed by atoms with Gasteiger partial charge in [-0.3, -0.25) is 4.79 Å². The summed E-state index contributed by atoms with van der Waals surface area (Å²) in [5.74, 6) is -0.605. The van der Waals surface area contributed by atoms with Crippen molar-refractivity contribution in [3.05, 3.63) is 34.7 Å². The van der Waals surface area contributed by atoms with Crippen LogP contribution in [0.15, 0.2) is 24.3 Å². The predicted molar refractivity (Wildman–Crippen MR) is 71.0 cm³/mol. The zero-order valence-corrected chi connectivity index (χ0v) is 11.3. The molecule has 3 nitrogen and oxygen atoms in total. The number of nitrogens with one attached hydrogen (secondary N) is 1. The first-order chi connectivity index (χ1) is 9.30. The number of aryl methyl sites for hydroxylation is 1. The molecule has 7 heteroatoms. The van der Waals surface area contributed by atoms with Crippen LogP contribution in [-0.2, 0) is 0 Å². The van der Waals surface area contributed by atoms with E-state index in [1.165, 1.54) is 11.3 Å². The van der Waals surface area contributed by atoms with Gasteiger partial charge in [0.15, 0.2) is 6.10 Å². The molecule has 0 saturated carbocycles. The summed E-state index contributed by atoms with van der Waals surface area (Å²) in [4.78, 5) is 12.2. The molecular weight excluding hydrogens is 291 g/mol. The number of thiophene rings is 1. The summed E-state index contributed by atoms with van der Waals surface area (Å²) in [6.45, 7) is 0.893. The van der Waals surface area contributed by atoms with Gasteiger partial charge in [-0.1, -0.05) is 18.2 Å². The van der Waals surface area contributed by atoms with Crippen LogP contribution in [0.25, 0.3) is 10.1 Å². The Hall–Kier alpha value is -1.60. The largest absolute Gasteiger partial charge is 0.416 e. The lowest BCUT2D eigenvalue weighted by atomic mass is 10.1. The molecule has 1 atom stereocenters. The molecule has 1 heterocycles. The van der Waals surface area contributed by atoms with Gasteiger partial charge in [0, 0.05) is 4.70 Å². The van der Waals surface area contributed by atoms with Crippen LogP contribution in [0.3, 0.4) is 0 Å². The molecule has 0 aliphatic rings. The molecule has 0 fully saturated rings. The third-order valence-corrected chi connectivity index (χ3v) is 4.16. The van der Waals surface area contributed by atoms with E-state index in [9.17, 15) is 18.0 Å². The Bertz CT molecular complexity index is 636. The van der Waals surface area contributed by atoms with Gasteiger partial charge in [-0.15, -0.1) is 11.3 Å². The second kappa shape index (κ2) is 5.41. The summed E-state index contributed by atoms with van der Waals surface area (Å²) in [6, 6.07) is 7.35. The number of alkyl halides is 3. The lowest BCUT2D eigenvalue weighted by molar-refractivity contribution is -0.201. The highest BCUT2D eigenvalue weighted by Crippen LogP contribution is 2.30. The van der Waals surface area contributed by atoms with Crippen LogP contribution in [0, 0.1) is 6.92 Å². The molecule has 108 valence electrons. The smallest absolute Gasteiger partial charge is 0.382 e. The van der Waals surface area contributed by atoms with Gasteiger partial charge < -0.3 is 10.4 Å². The van der Waals surface area contributed by atoms with Crippen LogP contribution in [-0.4, -0.2) is 29.8 Å². The number of benzene rings is 1. The number of fused-ring (bicyclic) bond motifs is 1. The molecule has 0 spiro atoms. The van der Waals surface area contributed by atoms with E-state index in [-0.39, 0.29) is 0 Å². The standard InChI is InChI=1S/C13H12F3NO2S/c1-7-8-4-2-3-5-9(8)20-11(7)12(19)17-6-10(18)13(14,15)16/h2-5,10,18H,6H2,1H3,(H,17,19). The van der Waals surface area contributed by atoms with Crippen molar-refractivity contribution in [2.24, 2.45) is 0 Å². The summed E-state index contributed by atoms with van der Waals surface area (Å²) >= 11 is 1.22. The van der Waals surface area contributed by atoms with E-state index in [4.69, 9.17) is 5.11 Å². The Kier molecular flexibility index (Phi) is 4.01. The molecule has 2 N–H and O–H groups in total. The molecule has 1 aromatic carbocycles. The minimum Gasteiger partial charge on any atom is -0.382 e. The Morgan fingerprint density at radius 2 is 2.05 bits per heavy atom. The van der Waals surface area contributed by atoms with E-state index in [2.05, 4.69) is 5.32 Å². The molecule has 1 aromatic heterocycles. The Morgan fingerprint density at radius 3 is 2.65 bits per heavy atom. The first-order valence-electron chi connectivity index (χ1n) is 5.82. The zero-order valence-electron chi connectivity index (χ0n) is 10.5. The van der Waals surface area contributed by atoms with Gasteiger partial charge in [0.05, 0.1) is 11.4 Å². The van der Waals surface area contributed by atoms with Crippen LogP contribution < -0.4 is 5.32 Å². The molecule has 2 aromatic rings. The second-order valence-corrected chi connectivity index (χ2v) is 5.37. The van der Waals surface area contributed by atoms with Gasteiger partial charge in [0.25, 0.3) is 5.91 Å². The van der Waals surface area contributed by atoms with Gasteiger partial charge in [0.1, 0.15) is 0 Å². The van der Waals surface area contributed by atoms with Gasteiger partial charge in [-0.2, -0.15) is 13.2 Å². The number of hydrogen-bond donors (Lipinski definition) is 2. The monoisotopic (exact) mass is 303 g/mol. The van der Waals surface area contributed by atoms with Crippen molar-refractivity contribution in [2.75, 3.05) is 6.54 Å². The van der Waals surface area contributed by atoms with Gasteiger partial charge >= 0.3 is 6.18 Å². The van der Waals surface area contributed by atoms with Crippen molar-refractivity contribution >= 4 is 27.3 Å². The Morgan fingerprint density at radius 1 is 1.40 bits per heavy atom. The highest BCUT2D eigenvalue weighted by atomic mass is 32.1. The zero-order chi connectivity index (χ0) is 14.9. The highest BCUT2D eigenvalue weighted by Gasteiger charge is 2.38. The Balaban J connectivity index is 2.14. The second-order valence-electron chi connectivity index (χ2n) is 4.32. The van der Waals surface area contributed by atoms with Crippen molar-refractivity contribution in [2.45, 2.75) is 19.2 Å². The fourth-order valence-electron chi connectivity index (χ4n) is 1.78. The van der Waals surface area contributed by atoms with Gasteiger partial charge in [-0.05, 0) is 23.9 Å². The summed E-state index contributed by atoms with van der Waals surface area (Å²) in [5.41, 5.74) is 0.726. The molecule has 2 rings (SSSR count). The van der Waals surface area contributed by atoms with Gasteiger partial charge in [0.2, 0.25) is 0 Å². The topological polar surface area (TPSA) is 49.3 Å². The molecule has 0 aliphatic heterocycles. The average Bonchev–Trinajstić information content (AvgIpc) is 2.72. The fourth-order valence-corrected chi connectivity index (χ4v) is 2.90. The number of carbonyl (C=O) groups is 1.